The molecule has 0 amide bonds. The minimum absolute atomic E-state index is 0.685. The topological polar surface area (TPSA) is 38.9 Å². The first kappa shape index (κ1) is 30.7. The predicted molar refractivity (Wildman–Crippen MR) is 219 cm³/mol. The van der Waals surface area contributed by atoms with Crippen LogP contribution in [-0.4, -0.2) is 9.97 Å². The maximum atomic E-state index is 6.19. The Balaban J connectivity index is 1.18. The molecule has 2 aromatic heterocycles. The van der Waals surface area contributed by atoms with Crippen molar-refractivity contribution < 1.29 is 4.42 Å². The van der Waals surface area contributed by atoms with Gasteiger partial charge < -0.3 is 4.42 Å². The van der Waals surface area contributed by atoms with Gasteiger partial charge in [0.1, 0.15) is 11.2 Å². The average Bonchev–Trinajstić information content (AvgIpc) is 3.62. The van der Waals surface area contributed by atoms with Gasteiger partial charge in [-0.25, -0.2) is 9.97 Å². The van der Waals surface area contributed by atoms with Crippen LogP contribution in [0.2, 0.25) is 0 Å². The first-order valence-electron chi connectivity index (χ1n) is 17.9. The van der Waals surface area contributed by atoms with Crippen LogP contribution in [0.1, 0.15) is 0 Å². The van der Waals surface area contributed by atoms with Gasteiger partial charge in [-0.3, -0.25) is 0 Å². The lowest BCUT2D eigenvalue weighted by Gasteiger charge is -2.15. The molecule has 0 aliphatic rings. The van der Waals surface area contributed by atoms with Crippen LogP contribution >= 0.6 is 0 Å². The number of para-hydroxylation sites is 1. The van der Waals surface area contributed by atoms with E-state index in [0.29, 0.717) is 5.82 Å². The van der Waals surface area contributed by atoms with Gasteiger partial charge in [-0.1, -0.05) is 146 Å². The summed E-state index contributed by atoms with van der Waals surface area (Å²) in [5, 5.41) is 4.64. The van der Waals surface area contributed by atoms with Crippen LogP contribution in [0.4, 0.5) is 0 Å². The van der Waals surface area contributed by atoms with E-state index in [-0.39, 0.29) is 0 Å². The molecule has 248 valence electrons. The monoisotopic (exact) mass is 676 g/mol. The van der Waals surface area contributed by atoms with Gasteiger partial charge >= 0.3 is 0 Å². The molecule has 10 rings (SSSR count). The minimum Gasteiger partial charge on any atom is -0.456 e. The van der Waals surface area contributed by atoms with E-state index in [2.05, 4.69) is 164 Å². The summed E-state index contributed by atoms with van der Waals surface area (Å²) in [5.74, 6) is 0.685. The highest BCUT2D eigenvalue weighted by atomic mass is 16.3. The fourth-order valence-corrected chi connectivity index (χ4v) is 7.41. The molecule has 0 N–H and O–H groups in total. The predicted octanol–water partition coefficient (Wildman–Crippen LogP) is 13.5. The molecule has 0 saturated carbocycles. The SMILES string of the molecule is c1ccc(-c2cc(-c3ccc4oc5ccccc5c4c3)cc(-c3cc(-c4ccccc4-c4ccc5ccccc5c4)nc(-c4ccccc4)n3)c2)cc1. The average molecular weight is 677 g/mol. The van der Waals surface area contributed by atoms with Crippen molar-refractivity contribution in [3.8, 4) is 67.3 Å². The van der Waals surface area contributed by atoms with Gasteiger partial charge in [-0.2, -0.15) is 0 Å². The first-order valence-corrected chi connectivity index (χ1v) is 17.9. The fraction of sp³-hybridized carbons (Fsp3) is 0. The Hall–Kier alpha value is -7.10. The number of hydrogen-bond donors (Lipinski definition) is 0. The summed E-state index contributed by atoms with van der Waals surface area (Å²) < 4.78 is 6.19. The lowest BCUT2D eigenvalue weighted by molar-refractivity contribution is 0.669. The molecule has 10 aromatic rings. The van der Waals surface area contributed by atoms with E-state index in [0.717, 1.165) is 83.4 Å². The summed E-state index contributed by atoms with van der Waals surface area (Å²) in [4.78, 5) is 10.5. The summed E-state index contributed by atoms with van der Waals surface area (Å²) in [6, 6.07) is 68.2. The van der Waals surface area contributed by atoms with E-state index < -0.39 is 0 Å². The highest BCUT2D eigenvalue weighted by molar-refractivity contribution is 6.06. The van der Waals surface area contributed by atoms with Crippen LogP contribution in [0.15, 0.2) is 199 Å². The van der Waals surface area contributed by atoms with E-state index in [1.165, 1.54) is 10.8 Å². The van der Waals surface area contributed by atoms with E-state index in [9.17, 15) is 0 Å². The van der Waals surface area contributed by atoms with Crippen LogP contribution in [0, 0.1) is 0 Å². The third-order valence-electron chi connectivity index (χ3n) is 10.1. The Labute approximate surface area is 307 Å². The molecule has 8 aromatic carbocycles. The van der Waals surface area contributed by atoms with E-state index in [1.807, 2.05) is 30.3 Å². The highest BCUT2D eigenvalue weighted by Gasteiger charge is 2.17. The smallest absolute Gasteiger partial charge is 0.160 e. The van der Waals surface area contributed by atoms with Gasteiger partial charge in [0.15, 0.2) is 5.82 Å². The second-order valence-electron chi connectivity index (χ2n) is 13.4. The molecule has 0 saturated heterocycles. The molecule has 0 radical (unpaired) electrons. The molecule has 3 nitrogen and oxygen atoms in total. The number of benzene rings is 8. The summed E-state index contributed by atoms with van der Waals surface area (Å²) in [6.45, 7) is 0. The van der Waals surface area contributed by atoms with Crippen molar-refractivity contribution in [3.63, 3.8) is 0 Å². The van der Waals surface area contributed by atoms with Crippen molar-refractivity contribution in [3.05, 3.63) is 194 Å². The van der Waals surface area contributed by atoms with Gasteiger partial charge in [0.2, 0.25) is 0 Å². The number of aromatic nitrogens is 2. The first-order chi connectivity index (χ1) is 26.2. The maximum absolute atomic E-state index is 6.19. The summed E-state index contributed by atoms with van der Waals surface area (Å²) in [7, 11) is 0. The zero-order valence-electron chi connectivity index (χ0n) is 28.8. The Morgan fingerprint density at radius 3 is 1.74 bits per heavy atom. The largest absolute Gasteiger partial charge is 0.456 e. The van der Waals surface area contributed by atoms with Gasteiger partial charge in [0.25, 0.3) is 0 Å². The Morgan fingerprint density at radius 2 is 0.906 bits per heavy atom. The molecule has 0 spiro atoms. The fourth-order valence-electron chi connectivity index (χ4n) is 7.41. The molecule has 0 atom stereocenters. The Kier molecular flexibility index (Phi) is 7.47. The van der Waals surface area contributed by atoms with Crippen LogP contribution in [0.3, 0.4) is 0 Å². The standard InChI is InChI=1S/C50H32N2O/c1-3-13-33(14-4-1)39-28-40(37-25-26-49-45(31-37)44-21-11-12-22-48(44)53-49)30-41(29-39)46-32-47(52-50(51-46)35-16-5-2-6-17-35)43-20-10-9-19-42(43)38-24-23-34-15-7-8-18-36(34)27-38/h1-32H. The lowest BCUT2D eigenvalue weighted by Crippen LogP contribution is -1.97. The van der Waals surface area contributed by atoms with Crippen molar-refractivity contribution >= 4 is 32.7 Å². The Bertz CT molecular complexity index is 2950. The summed E-state index contributed by atoms with van der Waals surface area (Å²) in [6.07, 6.45) is 0. The van der Waals surface area contributed by atoms with Crippen molar-refractivity contribution in [1.82, 2.24) is 9.97 Å². The number of furan rings is 1. The van der Waals surface area contributed by atoms with Gasteiger partial charge in [-0.15, -0.1) is 0 Å². The zero-order chi connectivity index (χ0) is 35.1. The van der Waals surface area contributed by atoms with Gasteiger partial charge in [0, 0.05) is 27.5 Å². The highest BCUT2D eigenvalue weighted by Crippen LogP contribution is 2.39. The molecule has 0 bridgehead atoms. The molecule has 0 unspecified atom stereocenters. The number of hydrogen-bond acceptors (Lipinski definition) is 3. The Morgan fingerprint density at radius 1 is 0.302 bits per heavy atom. The van der Waals surface area contributed by atoms with Gasteiger partial charge in [0.05, 0.1) is 11.4 Å². The molecule has 53 heavy (non-hydrogen) atoms. The maximum Gasteiger partial charge on any atom is 0.160 e. The quantitative estimate of drug-likeness (QED) is 0.176. The molecule has 0 aliphatic carbocycles. The van der Waals surface area contributed by atoms with Crippen molar-refractivity contribution in [2.45, 2.75) is 0 Å². The van der Waals surface area contributed by atoms with E-state index in [4.69, 9.17) is 14.4 Å². The van der Waals surface area contributed by atoms with Crippen LogP contribution in [0.25, 0.3) is 100.0 Å². The molecule has 0 aliphatic heterocycles. The normalized spacial score (nSPS) is 11.4. The molecular weight excluding hydrogens is 645 g/mol. The molecular formula is C50H32N2O. The third kappa shape index (κ3) is 5.75. The van der Waals surface area contributed by atoms with Crippen molar-refractivity contribution in [2.24, 2.45) is 0 Å². The lowest BCUT2D eigenvalue weighted by atomic mass is 9.93. The second-order valence-corrected chi connectivity index (χ2v) is 13.4. The summed E-state index contributed by atoms with van der Waals surface area (Å²) in [5.41, 5.74) is 13.3. The molecule has 2 heterocycles. The summed E-state index contributed by atoms with van der Waals surface area (Å²) >= 11 is 0. The zero-order valence-corrected chi connectivity index (χ0v) is 28.8. The van der Waals surface area contributed by atoms with E-state index >= 15 is 0 Å². The van der Waals surface area contributed by atoms with Crippen LogP contribution in [-0.2, 0) is 0 Å². The number of rotatable bonds is 6. The van der Waals surface area contributed by atoms with Gasteiger partial charge in [-0.05, 0) is 92.7 Å². The third-order valence-corrected chi connectivity index (χ3v) is 10.1. The van der Waals surface area contributed by atoms with Crippen LogP contribution < -0.4 is 0 Å². The second kappa shape index (κ2) is 12.9. The number of nitrogens with zero attached hydrogens (tertiary/aromatic N) is 2. The number of fused-ring (bicyclic) bond motifs is 4. The molecule has 0 fully saturated rings. The molecule has 3 heteroatoms. The minimum atomic E-state index is 0.685. The van der Waals surface area contributed by atoms with E-state index in [1.54, 1.807) is 0 Å². The van der Waals surface area contributed by atoms with Crippen molar-refractivity contribution in [2.75, 3.05) is 0 Å². The van der Waals surface area contributed by atoms with Crippen molar-refractivity contribution in [1.29, 1.82) is 0 Å². The van der Waals surface area contributed by atoms with Crippen LogP contribution in [0.5, 0.6) is 0 Å².